The summed E-state index contributed by atoms with van der Waals surface area (Å²) in [7, 11) is 3.64. The van der Waals surface area contributed by atoms with Gasteiger partial charge in [-0.25, -0.2) is 0 Å². The molecule has 0 aromatic heterocycles. The number of hydrogen-bond donors (Lipinski definition) is 2. The van der Waals surface area contributed by atoms with E-state index in [1.165, 1.54) is 18.2 Å². The Labute approximate surface area is 136 Å². The zero-order chi connectivity index (χ0) is 16.2. The number of nitrogens with zero attached hydrogens (tertiary/aromatic N) is 2. The van der Waals surface area contributed by atoms with Gasteiger partial charge in [0, 0.05) is 28.8 Å². The molecule has 8 heteroatoms. The lowest BCUT2D eigenvalue weighted by Gasteiger charge is -2.27. The van der Waals surface area contributed by atoms with Gasteiger partial charge in [-0.2, -0.15) is 0 Å². The number of likely N-dealkylation sites (N-methyl/N-ethyl adjacent to an activating group) is 1. The fourth-order valence-electron chi connectivity index (χ4n) is 1.90. The number of hydrogen-bond acceptors (Lipinski definition) is 5. The minimum absolute atomic E-state index is 0.0583. The van der Waals surface area contributed by atoms with Crippen LogP contribution in [0, 0.1) is 13.7 Å². The normalized spacial score (nSPS) is 13.8. The Kier molecular flexibility index (Phi) is 6.05. The van der Waals surface area contributed by atoms with E-state index < -0.39 is 16.4 Å². The van der Waals surface area contributed by atoms with Crippen molar-refractivity contribution in [1.29, 1.82) is 0 Å². The zero-order valence-corrected chi connectivity index (χ0v) is 14.2. The maximum atomic E-state index is 12.1. The van der Waals surface area contributed by atoms with Gasteiger partial charge in [0.1, 0.15) is 0 Å². The first kappa shape index (κ1) is 17.8. The topological polar surface area (TPSA) is 95.7 Å². The average Bonchev–Trinajstić information content (AvgIpc) is 2.34. The van der Waals surface area contributed by atoms with Gasteiger partial charge in [-0.1, -0.05) is 0 Å². The molecule has 0 bridgehead atoms. The van der Waals surface area contributed by atoms with Gasteiger partial charge >= 0.3 is 0 Å². The average molecular weight is 407 g/mol. The van der Waals surface area contributed by atoms with Crippen LogP contribution in [0.3, 0.4) is 0 Å². The van der Waals surface area contributed by atoms with Crippen molar-refractivity contribution in [3.63, 3.8) is 0 Å². The van der Waals surface area contributed by atoms with Crippen LogP contribution in [-0.2, 0) is 0 Å². The first-order valence-corrected chi connectivity index (χ1v) is 7.29. The lowest BCUT2D eigenvalue weighted by Crippen LogP contribution is -2.47. The predicted octanol–water partition coefficient (Wildman–Crippen LogP) is 1.24. The first-order valence-electron chi connectivity index (χ1n) is 6.21. The van der Waals surface area contributed by atoms with Crippen molar-refractivity contribution in [2.45, 2.75) is 12.5 Å². The molecule has 116 valence electrons. The van der Waals surface area contributed by atoms with Gasteiger partial charge in [-0.05, 0) is 49.7 Å². The summed E-state index contributed by atoms with van der Waals surface area (Å²) in [6, 6.07) is 4.10. The van der Waals surface area contributed by atoms with Crippen molar-refractivity contribution in [2.75, 3.05) is 27.2 Å². The summed E-state index contributed by atoms with van der Waals surface area (Å²) >= 11 is 1.94. The van der Waals surface area contributed by atoms with Crippen LogP contribution in [0.5, 0.6) is 0 Å². The van der Waals surface area contributed by atoms with Crippen molar-refractivity contribution < 1.29 is 14.8 Å². The Bertz CT molecular complexity index is 546. The molecule has 0 fully saturated rings. The highest BCUT2D eigenvalue weighted by atomic mass is 127. The number of nitrogens with one attached hydrogen (secondary N) is 1. The maximum absolute atomic E-state index is 12.1. The fourth-order valence-corrected chi connectivity index (χ4v) is 2.48. The summed E-state index contributed by atoms with van der Waals surface area (Å²) in [4.78, 5) is 24.1. The van der Waals surface area contributed by atoms with Gasteiger partial charge in [0.15, 0.2) is 0 Å². The van der Waals surface area contributed by atoms with Gasteiger partial charge in [-0.3, -0.25) is 14.9 Å². The third-order valence-corrected chi connectivity index (χ3v) is 3.63. The smallest absolute Gasteiger partial charge is 0.270 e. The molecule has 0 saturated heterocycles. The fraction of sp³-hybridized carbons (Fsp3) is 0.462. The predicted molar refractivity (Wildman–Crippen MR) is 87.3 cm³/mol. The highest BCUT2D eigenvalue weighted by Crippen LogP contribution is 2.19. The summed E-state index contributed by atoms with van der Waals surface area (Å²) in [5.74, 6) is -0.442. The third-order valence-electron chi connectivity index (χ3n) is 2.69. The molecular formula is C13H18IN3O4. The van der Waals surface area contributed by atoms with E-state index in [9.17, 15) is 20.0 Å². The number of carbonyl (C=O) groups is 1. The van der Waals surface area contributed by atoms with Crippen molar-refractivity contribution in [2.24, 2.45) is 0 Å². The molecular weight excluding hydrogens is 389 g/mol. The largest absolute Gasteiger partial charge is 0.387 e. The molecule has 1 atom stereocenters. The van der Waals surface area contributed by atoms with E-state index in [4.69, 9.17) is 0 Å². The highest BCUT2D eigenvalue weighted by molar-refractivity contribution is 14.1. The molecule has 1 amide bonds. The van der Waals surface area contributed by atoms with Crippen LogP contribution in [0.25, 0.3) is 0 Å². The standard InChI is InChI=1S/C13H18IN3O4/c1-13(19,8-16(2)3)7-15-12(18)10-6-9(17(20)21)4-5-11(10)14/h4-6,19H,7-8H2,1-3H3,(H,15,18). The number of non-ortho nitro benzene ring substituents is 1. The number of nitro groups is 1. The highest BCUT2D eigenvalue weighted by Gasteiger charge is 2.23. The SMILES string of the molecule is CN(C)CC(C)(O)CNC(=O)c1cc([N+](=O)[O-])ccc1I. The molecule has 0 saturated carbocycles. The van der Waals surface area contributed by atoms with E-state index in [-0.39, 0.29) is 17.8 Å². The van der Waals surface area contributed by atoms with Gasteiger partial charge in [0.2, 0.25) is 0 Å². The number of carbonyl (C=O) groups excluding carboxylic acids is 1. The molecule has 1 aromatic rings. The monoisotopic (exact) mass is 407 g/mol. The lowest BCUT2D eigenvalue weighted by molar-refractivity contribution is -0.384. The molecule has 0 radical (unpaired) electrons. The molecule has 0 heterocycles. The van der Waals surface area contributed by atoms with E-state index in [1.807, 2.05) is 41.6 Å². The Balaban J connectivity index is 2.80. The summed E-state index contributed by atoms with van der Waals surface area (Å²) in [5, 5.41) is 23.5. The third kappa shape index (κ3) is 5.56. The minimum Gasteiger partial charge on any atom is -0.387 e. The zero-order valence-electron chi connectivity index (χ0n) is 12.1. The summed E-state index contributed by atoms with van der Waals surface area (Å²) < 4.78 is 0.614. The van der Waals surface area contributed by atoms with Crippen LogP contribution in [0.1, 0.15) is 17.3 Å². The first-order chi connectivity index (χ1) is 9.62. The van der Waals surface area contributed by atoms with Crippen molar-refractivity contribution in [3.8, 4) is 0 Å². The lowest BCUT2D eigenvalue weighted by atomic mass is 10.1. The van der Waals surface area contributed by atoms with Gasteiger partial charge in [0.05, 0.1) is 16.1 Å². The van der Waals surface area contributed by atoms with Gasteiger partial charge in [0.25, 0.3) is 11.6 Å². The van der Waals surface area contributed by atoms with E-state index in [2.05, 4.69) is 5.32 Å². The quantitative estimate of drug-likeness (QED) is 0.421. The molecule has 1 aromatic carbocycles. The summed E-state index contributed by atoms with van der Waals surface area (Å²) in [6.07, 6.45) is 0. The van der Waals surface area contributed by atoms with Crippen LogP contribution < -0.4 is 5.32 Å². The van der Waals surface area contributed by atoms with Gasteiger partial charge in [-0.15, -0.1) is 0 Å². The summed E-state index contributed by atoms with van der Waals surface area (Å²) in [5.41, 5.74) is -0.989. The molecule has 21 heavy (non-hydrogen) atoms. The molecule has 0 aliphatic carbocycles. The van der Waals surface area contributed by atoms with Crippen molar-refractivity contribution in [1.82, 2.24) is 10.2 Å². The second kappa shape index (κ2) is 7.14. The van der Waals surface area contributed by atoms with Crippen LogP contribution in [0.4, 0.5) is 5.69 Å². The van der Waals surface area contributed by atoms with Crippen LogP contribution in [-0.4, -0.2) is 53.6 Å². The summed E-state index contributed by atoms with van der Waals surface area (Å²) in [6.45, 7) is 2.06. The van der Waals surface area contributed by atoms with E-state index in [0.29, 0.717) is 10.1 Å². The van der Waals surface area contributed by atoms with Crippen LogP contribution >= 0.6 is 22.6 Å². The number of halogens is 1. The molecule has 0 aliphatic heterocycles. The molecule has 2 N–H and O–H groups in total. The number of amides is 1. The second-order valence-electron chi connectivity index (χ2n) is 5.34. The number of benzene rings is 1. The molecule has 0 aliphatic rings. The van der Waals surface area contributed by atoms with E-state index in [0.717, 1.165) is 0 Å². The van der Waals surface area contributed by atoms with E-state index in [1.54, 1.807) is 6.92 Å². The minimum atomic E-state index is -1.08. The number of nitro benzene ring substituents is 1. The molecule has 1 rings (SSSR count). The van der Waals surface area contributed by atoms with E-state index >= 15 is 0 Å². The van der Waals surface area contributed by atoms with Gasteiger partial charge < -0.3 is 15.3 Å². The Morgan fingerprint density at radius 2 is 2.14 bits per heavy atom. The Morgan fingerprint density at radius 3 is 2.67 bits per heavy atom. The number of rotatable bonds is 6. The maximum Gasteiger partial charge on any atom is 0.270 e. The Hall–Kier alpha value is -1.26. The Morgan fingerprint density at radius 1 is 1.52 bits per heavy atom. The van der Waals surface area contributed by atoms with Crippen molar-refractivity contribution >= 4 is 34.2 Å². The number of aliphatic hydroxyl groups is 1. The van der Waals surface area contributed by atoms with Crippen LogP contribution in [0.15, 0.2) is 18.2 Å². The molecule has 0 spiro atoms. The van der Waals surface area contributed by atoms with Crippen molar-refractivity contribution in [3.05, 3.63) is 37.4 Å². The molecule has 7 nitrogen and oxygen atoms in total. The van der Waals surface area contributed by atoms with Crippen LogP contribution in [0.2, 0.25) is 0 Å². The molecule has 1 unspecified atom stereocenters. The second-order valence-corrected chi connectivity index (χ2v) is 6.50.